The molecule has 2 N–H and O–H groups in total. The average molecular weight is 471 g/mol. The van der Waals surface area contributed by atoms with Crippen molar-refractivity contribution in [1.82, 2.24) is 9.62 Å². The van der Waals surface area contributed by atoms with Gasteiger partial charge in [0.2, 0.25) is 10.0 Å². The van der Waals surface area contributed by atoms with Crippen LogP contribution in [0.3, 0.4) is 0 Å². The topological polar surface area (TPSA) is 109 Å². The summed E-state index contributed by atoms with van der Waals surface area (Å²) in [4.78, 5) is 11.3. The molecule has 2 fully saturated rings. The lowest BCUT2D eigenvalue weighted by atomic mass is 9.69. The normalized spacial score (nSPS) is 22.0. The largest absolute Gasteiger partial charge is 0.490 e. The zero-order chi connectivity index (χ0) is 23.3. The number of rotatable bonds is 5. The highest BCUT2D eigenvalue weighted by Crippen LogP contribution is 2.41. The third-order valence-electron chi connectivity index (χ3n) is 5.74. The second-order valence-corrected chi connectivity index (χ2v) is 9.90. The highest BCUT2D eigenvalue weighted by molar-refractivity contribution is 7.89. The monoisotopic (exact) mass is 470 g/mol. The molecule has 2 saturated heterocycles. The molecule has 8 nitrogen and oxygen atoms in total. The molecule has 3 heterocycles. The Kier molecular flexibility index (Phi) is 8.54. The number of piperidine rings is 1. The van der Waals surface area contributed by atoms with E-state index in [9.17, 15) is 21.6 Å². The van der Waals surface area contributed by atoms with Gasteiger partial charge in [0.1, 0.15) is 11.5 Å². The first-order valence-electron chi connectivity index (χ1n) is 10.0. The number of carbonyl (C=O) groups is 1. The second kappa shape index (κ2) is 10.3. The first-order chi connectivity index (χ1) is 14.4. The van der Waals surface area contributed by atoms with Crippen molar-refractivity contribution < 1.29 is 40.6 Å². The van der Waals surface area contributed by atoms with Gasteiger partial charge in [0.15, 0.2) is 0 Å². The summed E-state index contributed by atoms with van der Waals surface area (Å²) >= 11 is 0. The van der Waals surface area contributed by atoms with Crippen molar-refractivity contribution in [2.45, 2.75) is 51.9 Å². The Morgan fingerprint density at radius 3 is 2.39 bits per heavy atom. The molecule has 0 bridgehead atoms. The van der Waals surface area contributed by atoms with Crippen molar-refractivity contribution in [2.75, 3.05) is 32.1 Å². The van der Waals surface area contributed by atoms with E-state index < -0.39 is 22.2 Å². The fourth-order valence-corrected chi connectivity index (χ4v) is 4.75. The first-order valence-corrected chi connectivity index (χ1v) is 11.7. The minimum atomic E-state index is -5.08. The number of furan rings is 1. The lowest BCUT2D eigenvalue weighted by Crippen LogP contribution is -2.57. The molecule has 1 unspecified atom stereocenters. The molecule has 1 aromatic rings. The van der Waals surface area contributed by atoms with Crippen LogP contribution in [0.4, 0.5) is 13.2 Å². The number of aryl methyl sites for hydroxylation is 1. The van der Waals surface area contributed by atoms with Gasteiger partial charge in [-0.1, -0.05) is 0 Å². The third kappa shape index (κ3) is 7.48. The Morgan fingerprint density at radius 1 is 1.29 bits per heavy atom. The van der Waals surface area contributed by atoms with Gasteiger partial charge in [-0.15, -0.1) is 0 Å². The van der Waals surface area contributed by atoms with Crippen molar-refractivity contribution >= 4 is 16.0 Å². The van der Waals surface area contributed by atoms with Crippen LogP contribution in [0.25, 0.3) is 0 Å². The number of nitrogens with one attached hydrogen (secondary N) is 1. The minimum Gasteiger partial charge on any atom is -0.475 e. The maximum atomic E-state index is 12.0. The number of hydrogen-bond donors (Lipinski definition) is 2. The summed E-state index contributed by atoms with van der Waals surface area (Å²) in [6, 6.07) is 3.92. The number of alkyl halides is 3. The van der Waals surface area contributed by atoms with Gasteiger partial charge in [-0.3, -0.25) is 4.90 Å². The molecule has 12 heteroatoms. The molecule has 3 rings (SSSR count). The van der Waals surface area contributed by atoms with Crippen molar-refractivity contribution in [3.05, 3.63) is 23.7 Å². The van der Waals surface area contributed by atoms with Crippen molar-refractivity contribution in [2.24, 2.45) is 5.41 Å². The standard InChI is InChI=1S/C17H28N2O4S.C2HF3O2/c1-3-24(20,21)18-16-13-22-11-8-17(16)6-9-19(10-7-17)12-15-5-4-14(2)23-15;3-2(4,5)1(6)7/h4-5,16,18H,3,6-13H2,1-2H3;(H,6,7). The van der Waals surface area contributed by atoms with Crippen LogP contribution in [-0.4, -0.2) is 68.7 Å². The van der Waals surface area contributed by atoms with E-state index in [1.54, 1.807) is 6.92 Å². The molecule has 1 spiro atoms. The number of hydrogen-bond acceptors (Lipinski definition) is 6. The molecule has 1 aromatic heterocycles. The number of aliphatic carboxylic acids is 1. The van der Waals surface area contributed by atoms with Crippen LogP contribution in [0.1, 0.15) is 37.7 Å². The summed E-state index contributed by atoms with van der Waals surface area (Å²) in [5.41, 5.74) is 0.0239. The Bertz CT molecular complexity index is 832. The highest BCUT2D eigenvalue weighted by Gasteiger charge is 2.44. The smallest absolute Gasteiger partial charge is 0.475 e. The Balaban J connectivity index is 0.000000423. The van der Waals surface area contributed by atoms with Crippen LogP contribution in [-0.2, 0) is 26.1 Å². The highest BCUT2D eigenvalue weighted by atomic mass is 32.2. The molecule has 2 aliphatic rings. The molecular weight excluding hydrogens is 441 g/mol. The lowest BCUT2D eigenvalue weighted by molar-refractivity contribution is -0.192. The molecule has 1 atom stereocenters. The molecule has 0 radical (unpaired) electrons. The van der Waals surface area contributed by atoms with Crippen LogP contribution in [0.5, 0.6) is 0 Å². The van der Waals surface area contributed by atoms with Gasteiger partial charge >= 0.3 is 12.1 Å². The molecule has 0 aromatic carbocycles. The fourth-order valence-electron chi connectivity index (χ4n) is 3.83. The van der Waals surface area contributed by atoms with Crippen LogP contribution >= 0.6 is 0 Å². The first kappa shape index (κ1) is 25.6. The molecule has 0 amide bonds. The van der Waals surface area contributed by atoms with E-state index in [1.165, 1.54) is 0 Å². The number of halogens is 3. The van der Waals surface area contributed by atoms with Crippen LogP contribution in [0, 0.1) is 12.3 Å². The maximum Gasteiger partial charge on any atom is 0.490 e. The summed E-state index contributed by atoms with van der Waals surface area (Å²) in [6.07, 6.45) is -2.17. The Labute approximate surface area is 179 Å². The lowest BCUT2D eigenvalue weighted by Gasteiger charge is -2.48. The number of carboxylic acids is 1. The van der Waals surface area contributed by atoms with Crippen LogP contribution in [0.2, 0.25) is 0 Å². The summed E-state index contributed by atoms with van der Waals surface area (Å²) in [7, 11) is -3.21. The van der Waals surface area contributed by atoms with E-state index in [4.69, 9.17) is 19.1 Å². The zero-order valence-electron chi connectivity index (χ0n) is 17.6. The van der Waals surface area contributed by atoms with Crippen molar-refractivity contribution in [1.29, 1.82) is 0 Å². The van der Waals surface area contributed by atoms with Crippen molar-refractivity contribution in [3.63, 3.8) is 0 Å². The molecule has 31 heavy (non-hydrogen) atoms. The van der Waals surface area contributed by atoms with E-state index in [1.807, 2.05) is 19.1 Å². The number of ether oxygens (including phenoxy) is 1. The maximum absolute atomic E-state index is 12.0. The Morgan fingerprint density at radius 2 is 1.90 bits per heavy atom. The number of sulfonamides is 1. The molecule has 0 saturated carbocycles. The van der Waals surface area contributed by atoms with E-state index >= 15 is 0 Å². The van der Waals surface area contributed by atoms with Crippen LogP contribution < -0.4 is 4.72 Å². The van der Waals surface area contributed by atoms with Gasteiger partial charge in [-0.2, -0.15) is 13.2 Å². The summed E-state index contributed by atoms with van der Waals surface area (Å²) in [5.74, 6) is -0.702. The van der Waals surface area contributed by atoms with Crippen molar-refractivity contribution in [3.8, 4) is 0 Å². The van der Waals surface area contributed by atoms with Gasteiger partial charge in [0.25, 0.3) is 0 Å². The van der Waals surface area contributed by atoms with Gasteiger partial charge in [-0.05, 0) is 63.7 Å². The van der Waals surface area contributed by atoms with Gasteiger partial charge in [0, 0.05) is 6.61 Å². The van der Waals surface area contributed by atoms with Gasteiger partial charge in [-0.25, -0.2) is 17.9 Å². The zero-order valence-corrected chi connectivity index (χ0v) is 18.4. The van der Waals surface area contributed by atoms with E-state index in [0.29, 0.717) is 6.61 Å². The third-order valence-corrected chi connectivity index (χ3v) is 7.14. The van der Waals surface area contributed by atoms with Gasteiger partial charge in [0.05, 0.1) is 24.9 Å². The van der Waals surface area contributed by atoms with E-state index in [2.05, 4.69) is 9.62 Å². The number of likely N-dealkylation sites (tertiary alicyclic amines) is 1. The number of carboxylic acid groups (broad SMARTS) is 1. The quantitative estimate of drug-likeness (QED) is 0.681. The average Bonchev–Trinajstić information content (AvgIpc) is 3.10. The predicted molar refractivity (Wildman–Crippen MR) is 106 cm³/mol. The molecular formula is C19H29F3N2O6S. The van der Waals surface area contributed by atoms with E-state index in [0.717, 1.165) is 57.0 Å². The Hall–Kier alpha value is -1.63. The number of nitrogens with zero attached hydrogens (tertiary/aromatic N) is 1. The fraction of sp³-hybridized carbons (Fsp3) is 0.737. The SMILES string of the molecule is CCS(=O)(=O)NC1COCCC12CCN(Cc1ccc(C)o1)CC2.O=C(O)C(F)(F)F. The summed E-state index contributed by atoms with van der Waals surface area (Å²) in [5, 5.41) is 7.12. The van der Waals surface area contributed by atoms with Crippen LogP contribution in [0.15, 0.2) is 16.5 Å². The minimum absolute atomic E-state index is 0.0239. The molecule has 178 valence electrons. The van der Waals surface area contributed by atoms with E-state index in [-0.39, 0.29) is 17.2 Å². The second-order valence-electron chi connectivity index (χ2n) is 7.85. The van der Waals surface area contributed by atoms with Gasteiger partial charge < -0.3 is 14.3 Å². The predicted octanol–water partition coefficient (Wildman–Crippen LogP) is 2.53. The molecule has 0 aliphatic carbocycles. The summed E-state index contributed by atoms with van der Waals surface area (Å²) < 4.78 is 69.9. The molecule has 2 aliphatic heterocycles. The summed E-state index contributed by atoms with van der Waals surface area (Å²) in [6.45, 7) is 7.59.